The molecule has 0 aliphatic heterocycles. The summed E-state index contributed by atoms with van der Waals surface area (Å²) in [5.41, 5.74) is 1.64. The quantitative estimate of drug-likeness (QED) is 0.907. The lowest BCUT2D eigenvalue weighted by Crippen LogP contribution is -2.42. The van der Waals surface area contributed by atoms with Crippen LogP contribution in [0.3, 0.4) is 0 Å². The van der Waals surface area contributed by atoms with E-state index in [2.05, 4.69) is 33.9 Å². The number of hydrogen-bond donors (Lipinski definition) is 1. The van der Waals surface area contributed by atoms with Crippen LogP contribution in [0.25, 0.3) is 11.0 Å². The summed E-state index contributed by atoms with van der Waals surface area (Å²) >= 11 is 0. The topological polar surface area (TPSA) is 53.6 Å². The van der Waals surface area contributed by atoms with Gasteiger partial charge in [-0.25, -0.2) is 4.98 Å². The van der Waals surface area contributed by atoms with Gasteiger partial charge in [0.25, 0.3) is 0 Å². The van der Waals surface area contributed by atoms with Gasteiger partial charge in [-0.05, 0) is 45.9 Å². The zero-order valence-corrected chi connectivity index (χ0v) is 12.6. The fourth-order valence-corrected chi connectivity index (χ4v) is 2.95. The Labute approximate surface area is 120 Å². The predicted molar refractivity (Wildman–Crippen MR) is 81.5 cm³/mol. The van der Waals surface area contributed by atoms with E-state index in [1.54, 1.807) is 0 Å². The molecular weight excluding hydrogens is 248 g/mol. The van der Waals surface area contributed by atoms with E-state index in [0.717, 1.165) is 29.8 Å². The molecular formula is C16H22N4. The molecule has 0 saturated carbocycles. The first-order chi connectivity index (χ1) is 9.50. The molecule has 1 heterocycles. The second kappa shape index (κ2) is 5.64. The Morgan fingerprint density at radius 1 is 1.45 bits per heavy atom. The van der Waals surface area contributed by atoms with Gasteiger partial charge in [0.05, 0.1) is 17.1 Å². The van der Waals surface area contributed by atoms with E-state index in [1.807, 2.05) is 39.0 Å². The van der Waals surface area contributed by atoms with Gasteiger partial charge >= 0.3 is 0 Å². The third-order valence-corrected chi connectivity index (χ3v) is 3.73. The number of imidazole rings is 1. The standard InChI is InChI=1S/C16H22N4/c1-5-18-16(4,11-17)10-12(2)20-13(3)19-14-8-6-7-9-15(14)20/h6-9,12,18H,5,10H2,1-4H3. The Balaban J connectivity index is 2.34. The summed E-state index contributed by atoms with van der Waals surface area (Å²) in [6.07, 6.45) is 0.749. The Morgan fingerprint density at radius 3 is 2.80 bits per heavy atom. The smallest absolute Gasteiger partial charge is 0.106 e. The molecule has 2 aromatic rings. The number of fused-ring (bicyclic) bond motifs is 1. The maximum absolute atomic E-state index is 9.41. The van der Waals surface area contributed by atoms with Crippen molar-refractivity contribution >= 4 is 11.0 Å². The van der Waals surface area contributed by atoms with Crippen LogP contribution >= 0.6 is 0 Å². The molecule has 0 spiro atoms. The van der Waals surface area contributed by atoms with Crippen molar-refractivity contribution in [2.45, 2.75) is 45.7 Å². The molecule has 2 atom stereocenters. The molecule has 0 amide bonds. The number of rotatable bonds is 5. The lowest BCUT2D eigenvalue weighted by molar-refractivity contribution is 0.355. The van der Waals surface area contributed by atoms with Crippen LogP contribution in [0.1, 0.15) is 39.1 Å². The molecule has 106 valence electrons. The van der Waals surface area contributed by atoms with Gasteiger partial charge in [-0.15, -0.1) is 0 Å². The van der Waals surface area contributed by atoms with Crippen molar-refractivity contribution in [1.29, 1.82) is 5.26 Å². The molecule has 0 aliphatic rings. The number of hydrogen-bond acceptors (Lipinski definition) is 3. The van der Waals surface area contributed by atoms with Crippen molar-refractivity contribution in [3.05, 3.63) is 30.1 Å². The van der Waals surface area contributed by atoms with E-state index in [9.17, 15) is 5.26 Å². The third-order valence-electron chi connectivity index (χ3n) is 3.73. The van der Waals surface area contributed by atoms with Crippen molar-refractivity contribution in [1.82, 2.24) is 14.9 Å². The van der Waals surface area contributed by atoms with Gasteiger partial charge in [-0.2, -0.15) is 5.26 Å². The van der Waals surface area contributed by atoms with E-state index in [0.29, 0.717) is 0 Å². The molecule has 0 aliphatic carbocycles. The fourth-order valence-electron chi connectivity index (χ4n) is 2.95. The molecule has 1 aromatic heterocycles. The third kappa shape index (κ3) is 2.68. The Kier molecular flexibility index (Phi) is 4.10. The summed E-state index contributed by atoms with van der Waals surface area (Å²) in [5.74, 6) is 0.996. The van der Waals surface area contributed by atoms with Crippen molar-refractivity contribution in [2.75, 3.05) is 6.54 Å². The second-order valence-corrected chi connectivity index (χ2v) is 5.55. The van der Waals surface area contributed by atoms with Crippen molar-refractivity contribution in [3.63, 3.8) is 0 Å². The first-order valence-electron chi connectivity index (χ1n) is 7.10. The first kappa shape index (κ1) is 14.5. The van der Waals surface area contributed by atoms with Crippen LogP contribution in [0, 0.1) is 18.3 Å². The molecule has 0 radical (unpaired) electrons. The van der Waals surface area contributed by atoms with Crippen LogP contribution in [0.15, 0.2) is 24.3 Å². The molecule has 1 aromatic carbocycles. The molecule has 20 heavy (non-hydrogen) atoms. The predicted octanol–water partition coefficient (Wildman–Crippen LogP) is 3.19. The largest absolute Gasteiger partial charge is 0.325 e. The Hall–Kier alpha value is -1.86. The SMILES string of the molecule is CCNC(C)(C#N)CC(C)n1c(C)nc2ccccc21. The monoisotopic (exact) mass is 270 g/mol. The van der Waals surface area contributed by atoms with Crippen molar-refractivity contribution in [3.8, 4) is 6.07 Å². The summed E-state index contributed by atoms with van der Waals surface area (Å²) in [4.78, 5) is 4.60. The Bertz CT molecular complexity index is 637. The number of aryl methyl sites for hydroxylation is 1. The van der Waals surface area contributed by atoms with Gasteiger partial charge in [-0.1, -0.05) is 19.1 Å². The zero-order chi connectivity index (χ0) is 14.8. The molecule has 2 unspecified atom stereocenters. The van der Waals surface area contributed by atoms with Crippen LogP contribution in [0.5, 0.6) is 0 Å². The lowest BCUT2D eigenvalue weighted by atomic mass is 9.95. The highest BCUT2D eigenvalue weighted by Crippen LogP contribution is 2.26. The van der Waals surface area contributed by atoms with Crippen molar-refractivity contribution in [2.24, 2.45) is 0 Å². The summed E-state index contributed by atoms with van der Waals surface area (Å²) < 4.78 is 2.22. The molecule has 1 N–H and O–H groups in total. The zero-order valence-electron chi connectivity index (χ0n) is 12.6. The summed E-state index contributed by atoms with van der Waals surface area (Å²) in [6, 6.07) is 10.8. The van der Waals surface area contributed by atoms with Gasteiger partial charge in [0, 0.05) is 6.04 Å². The minimum absolute atomic E-state index is 0.214. The molecule has 0 fully saturated rings. The minimum Gasteiger partial charge on any atom is -0.325 e. The average Bonchev–Trinajstić information content (AvgIpc) is 2.74. The van der Waals surface area contributed by atoms with Crippen molar-refractivity contribution < 1.29 is 0 Å². The highest BCUT2D eigenvalue weighted by atomic mass is 15.1. The number of benzene rings is 1. The molecule has 0 bridgehead atoms. The van der Waals surface area contributed by atoms with Gasteiger partial charge in [0.15, 0.2) is 0 Å². The highest BCUT2D eigenvalue weighted by molar-refractivity contribution is 5.76. The van der Waals surface area contributed by atoms with E-state index < -0.39 is 5.54 Å². The Morgan fingerprint density at radius 2 is 2.15 bits per heavy atom. The lowest BCUT2D eigenvalue weighted by Gasteiger charge is -2.27. The van der Waals surface area contributed by atoms with E-state index >= 15 is 0 Å². The number of nitrogens with one attached hydrogen (secondary N) is 1. The molecule has 4 heteroatoms. The summed E-state index contributed by atoms with van der Waals surface area (Å²) in [7, 11) is 0. The van der Waals surface area contributed by atoms with Crippen LogP contribution in [0.2, 0.25) is 0 Å². The molecule has 2 rings (SSSR count). The summed E-state index contributed by atoms with van der Waals surface area (Å²) in [6.45, 7) is 8.95. The number of aromatic nitrogens is 2. The maximum atomic E-state index is 9.41. The second-order valence-electron chi connectivity index (χ2n) is 5.55. The first-order valence-corrected chi connectivity index (χ1v) is 7.10. The van der Waals surface area contributed by atoms with Gasteiger partial charge < -0.3 is 4.57 Å². The average molecular weight is 270 g/mol. The molecule has 0 saturated heterocycles. The van der Waals surface area contributed by atoms with Gasteiger partial charge in [0.2, 0.25) is 0 Å². The normalized spacial score (nSPS) is 15.8. The minimum atomic E-state index is -0.508. The maximum Gasteiger partial charge on any atom is 0.106 e. The van der Waals surface area contributed by atoms with Gasteiger partial charge in [-0.3, -0.25) is 5.32 Å². The number of nitriles is 1. The van der Waals surface area contributed by atoms with E-state index in [-0.39, 0.29) is 6.04 Å². The molecule has 4 nitrogen and oxygen atoms in total. The fraction of sp³-hybridized carbons (Fsp3) is 0.500. The highest BCUT2D eigenvalue weighted by Gasteiger charge is 2.27. The summed E-state index contributed by atoms with van der Waals surface area (Å²) in [5, 5.41) is 12.7. The van der Waals surface area contributed by atoms with E-state index in [1.165, 1.54) is 0 Å². The van der Waals surface area contributed by atoms with Crippen LogP contribution in [0.4, 0.5) is 0 Å². The van der Waals surface area contributed by atoms with Gasteiger partial charge in [0.1, 0.15) is 11.4 Å². The van der Waals surface area contributed by atoms with Crippen LogP contribution < -0.4 is 5.32 Å². The number of nitrogens with zero attached hydrogens (tertiary/aromatic N) is 3. The number of para-hydroxylation sites is 2. The van der Waals surface area contributed by atoms with Crippen LogP contribution in [-0.4, -0.2) is 21.6 Å². The van der Waals surface area contributed by atoms with E-state index in [4.69, 9.17) is 0 Å². The van der Waals surface area contributed by atoms with Crippen LogP contribution in [-0.2, 0) is 0 Å².